The third kappa shape index (κ3) is 3.55. The molecule has 0 unspecified atom stereocenters. The Bertz CT molecular complexity index is 802. The predicted octanol–water partition coefficient (Wildman–Crippen LogP) is 3.73. The Kier molecular flexibility index (Phi) is 4.34. The Morgan fingerprint density at radius 1 is 1.04 bits per heavy atom. The third-order valence-corrected chi connectivity index (χ3v) is 3.53. The van der Waals surface area contributed by atoms with Crippen LogP contribution < -0.4 is 0 Å². The van der Waals surface area contributed by atoms with Gasteiger partial charge in [0.2, 0.25) is 0 Å². The van der Waals surface area contributed by atoms with E-state index >= 15 is 0 Å². The molecule has 4 nitrogen and oxygen atoms in total. The van der Waals surface area contributed by atoms with E-state index in [1.807, 2.05) is 35.0 Å². The average molecular weight is 304 g/mol. The van der Waals surface area contributed by atoms with Crippen LogP contribution in [0.1, 0.15) is 5.56 Å². The van der Waals surface area contributed by atoms with Crippen LogP contribution in [-0.4, -0.2) is 22.6 Å². The maximum Gasteiger partial charge on any atom is 0.330 e. The molecule has 4 heteroatoms. The average Bonchev–Trinajstić information content (AvgIpc) is 3.15. The molecule has 0 aliphatic carbocycles. The zero-order chi connectivity index (χ0) is 16.1. The largest absolute Gasteiger partial charge is 0.466 e. The van der Waals surface area contributed by atoms with E-state index in [9.17, 15) is 4.79 Å². The molecule has 0 amide bonds. The highest BCUT2D eigenvalue weighted by Gasteiger charge is 2.00. The van der Waals surface area contributed by atoms with E-state index in [-0.39, 0.29) is 5.97 Å². The Morgan fingerprint density at radius 2 is 1.70 bits per heavy atom. The fourth-order valence-corrected chi connectivity index (χ4v) is 2.26. The van der Waals surface area contributed by atoms with Crippen LogP contribution in [-0.2, 0) is 9.53 Å². The summed E-state index contributed by atoms with van der Waals surface area (Å²) in [6, 6.07) is 16.3. The van der Waals surface area contributed by atoms with Gasteiger partial charge in [0.25, 0.3) is 0 Å². The van der Waals surface area contributed by atoms with Gasteiger partial charge < -0.3 is 9.30 Å². The van der Waals surface area contributed by atoms with Crippen molar-refractivity contribution in [3.63, 3.8) is 0 Å². The van der Waals surface area contributed by atoms with Crippen molar-refractivity contribution in [1.82, 2.24) is 9.55 Å². The number of rotatable bonds is 4. The van der Waals surface area contributed by atoms with Crippen LogP contribution in [0.2, 0.25) is 0 Å². The fraction of sp³-hybridized carbons (Fsp3) is 0.0526. The van der Waals surface area contributed by atoms with Gasteiger partial charge in [0, 0.05) is 24.2 Å². The van der Waals surface area contributed by atoms with Gasteiger partial charge in [-0.25, -0.2) is 9.78 Å². The van der Waals surface area contributed by atoms with Crippen molar-refractivity contribution < 1.29 is 9.53 Å². The van der Waals surface area contributed by atoms with Crippen molar-refractivity contribution >= 4 is 12.0 Å². The molecule has 0 aliphatic rings. The number of imidazole rings is 1. The predicted molar refractivity (Wildman–Crippen MR) is 90.1 cm³/mol. The molecule has 2 aromatic carbocycles. The summed E-state index contributed by atoms with van der Waals surface area (Å²) >= 11 is 0. The number of hydrogen-bond donors (Lipinski definition) is 0. The lowest BCUT2D eigenvalue weighted by Gasteiger charge is -2.05. The van der Waals surface area contributed by atoms with E-state index in [1.54, 1.807) is 18.6 Å². The molecule has 0 bridgehead atoms. The molecule has 0 aliphatic heterocycles. The zero-order valence-corrected chi connectivity index (χ0v) is 12.7. The van der Waals surface area contributed by atoms with Crippen LogP contribution in [0.25, 0.3) is 22.9 Å². The topological polar surface area (TPSA) is 44.1 Å². The lowest BCUT2D eigenvalue weighted by atomic mass is 10.0. The highest BCUT2D eigenvalue weighted by molar-refractivity contribution is 5.87. The van der Waals surface area contributed by atoms with Crippen molar-refractivity contribution in [2.45, 2.75) is 0 Å². The van der Waals surface area contributed by atoms with Gasteiger partial charge >= 0.3 is 5.97 Å². The van der Waals surface area contributed by atoms with E-state index in [1.165, 1.54) is 13.2 Å². The quantitative estimate of drug-likeness (QED) is 0.545. The monoisotopic (exact) mass is 304 g/mol. The summed E-state index contributed by atoms with van der Waals surface area (Å²) in [5, 5.41) is 0. The molecular weight excluding hydrogens is 288 g/mol. The first kappa shape index (κ1) is 14.8. The molecule has 114 valence electrons. The van der Waals surface area contributed by atoms with Crippen LogP contribution in [0.5, 0.6) is 0 Å². The summed E-state index contributed by atoms with van der Waals surface area (Å²) in [5.41, 5.74) is 4.29. The lowest BCUT2D eigenvalue weighted by molar-refractivity contribution is -0.134. The van der Waals surface area contributed by atoms with E-state index < -0.39 is 0 Å². The Labute approximate surface area is 134 Å². The highest BCUT2D eigenvalue weighted by atomic mass is 16.5. The van der Waals surface area contributed by atoms with Crippen molar-refractivity contribution in [3.8, 4) is 16.8 Å². The Hall–Kier alpha value is -3.14. The fourth-order valence-electron chi connectivity index (χ4n) is 2.26. The third-order valence-electron chi connectivity index (χ3n) is 3.53. The maximum atomic E-state index is 11.1. The van der Waals surface area contributed by atoms with E-state index in [0.717, 1.165) is 22.4 Å². The van der Waals surface area contributed by atoms with Crippen LogP contribution in [0.4, 0.5) is 0 Å². The van der Waals surface area contributed by atoms with Crippen molar-refractivity contribution in [2.24, 2.45) is 0 Å². The second kappa shape index (κ2) is 6.75. The van der Waals surface area contributed by atoms with Crippen LogP contribution >= 0.6 is 0 Å². The molecule has 0 radical (unpaired) electrons. The molecule has 0 saturated heterocycles. The second-order valence-electron chi connectivity index (χ2n) is 5.00. The van der Waals surface area contributed by atoms with Crippen LogP contribution in [0, 0.1) is 0 Å². The summed E-state index contributed by atoms with van der Waals surface area (Å²) in [4.78, 5) is 15.1. The van der Waals surface area contributed by atoms with Crippen molar-refractivity contribution in [1.29, 1.82) is 0 Å². The van der Waals surface area contributed by atoms with E-state index in [4.69, 9.17) is 0 Å². The van der Waals surface area contributed by atoms with Gasteiger partial charge in [-0.2, -0.15) is 0 Å². The number of esters is 1. The van der Waals surface area contributed by atoms with Crippen LogP contribution in [0.3, 0.4) is 0 Å². The SMILES string of the molecule is COC(=O)/C=C/c1ccc(-c2ccc(-n3ccnc3)cc2)cc1. The van der Waals surface area contributed by atoms with Gasteiger partial charge in [0.1, 0.15) is 0 Å². The highest BCUT2D eigenvalue weighted by Crippen LogP contribution is 2.22. The summed E-state index contributed by atoms with van der Waals surface area (Å²) in [6.07, 6.45) is 8.59. The maximum absolute atomic E-state index is 11.1. The molecule has 1 aromatic heterocycles. The van der Waals surface area contributed by atoms with Gasteiger partial charge in [-0.3, -0.25) is 0 Å². The lowest BCUT2D eigenvalue weighted by Crippen LogP contribution is -1.93. The molecule has 0 spiro atoms. The normalized spacial score (nSPS) is 10.8. The number of hydrogen-bond acceptors (Lipinski definition) is 3. The summed E-state index contributed by atoms with van der Waals surface area (Å²) in [7, 11) is 1.36. The number of ether oxygens (including phenoxy) is 1. The number of carbonyl (C=O) groups is 1. The second-order valence-corrected chi connectivity index (χ2v) is 5.00. The molecule has 0 N–H and O–H groups in total. The summed E-state index contributed by atoms with van der Waals surface area (Å²) < 4.78 is 6.54. The standard InChI is InChI=1S/C19H16N2O2/c1-23-19(22)11-4-15-2-5-16(6-3-15)17-7-9-18(10-8-17)21-13-12-20-14-21/h2-14H,1H3/b11-4+. The van der Waals surface area contributed by atoms with Gasteiger partial charge in [-0.15, -0.1) is 0 Å². The number of benzene rings is 2. The van der Waals surface area contributed by atoms with Gasteiger partial charge in [0.15, 0.2) is 0 Å². The number of nitrogens with zero attached hydrogens (tertiary/aromatic N) is 2. The first-order valence-corrected chi connectivity index (χ1v) is 7.21. The molecular formula is C19H16N2O2. The minimum Gasteiger partial charge on any atom is -0.466 e. The van der Waals surface area contributed by atoms with E-state index in [2.05, 4.69) is 34.0 Å². The van der Waals surface area contributed by atoms with Gasteiger partial charge in [-0.05, 0) is 34.9 Å². The molecule has 0 fully saturated rings. The molecule has 1 heterocycles. The molecule has 0 atom stereocenters. The number of aromatic nitrogens is 2. The minimum atomic E-state index is -0.357. The summed E-state index contributed by atoms with van der Waals surface area (Å²) in [5.74, 6) is -0.357. The van der Waals surface area contributed by atoms with Gasteiger partial charge in [0.05, 0.1) is 13.4 Å². The molecule has 3 aromatic rings. The molecule has 23 heavy (non-hydrogen) atoms. The Morgan fingerprint density at radius 3 is 2.26 bits per heavy atom. The van der Waals surface area contributed by atoms with Gasteiger partial charge in [-0.1, -0.05) is 36.4 Å². The van der Waals surface area contributed by atoms with E-state index in [0.29, 0.717) is 0 Å². The molecule has 0 saturated carbocycles. The first-order valence-electron chi connectivity index (χ1n) is 7.21. The number of carbonyl (C=O) groups excluding carboxylic acids is 1. The molecule has 3 rings (SSSR count). The van der Waals surface area contributed by atoms with Crippen molar-refractivity contribution in [2.75, 3.05) is 7.11 Å². The number of methoxy groups -OCH3 is 1. The van der Waals surface area contributed by atoms with Crippen molar-refractivity contribution in [3.05, 3.63) is 78.9 Å². The first-order chi connectivity index (χ1) is 11.3. The smallest absolute Gasteiger partial charge is 0.330 e. The minimum absolute atomic E-state index is 0.357. The Balaban J connectivity index is 1.77. The summed E-state index contributed by atoms with van der Waals surface area (Å²) in [6.45, 7) is 0. The zero-order valence-electron chi connectivity index (χ0n) is 12.7. The van der Waals surface area contributed by atoms with Crippen LogP contribution in [0.15, 0.2) is 73.3 Å².